The van der Waals surface area contributed by atoms with E-state index < -0.39 is 0 Å². The lowest BCUT2D eigenvalue weighted by atomic mass is 9.96. The highest BCUT2D eigenvalue weighted by Crippen LogP contribution is 2.21. The fourth-order valence-corrected chi connectivity index (χ4v) is 2.29. The van der Waals surface area contributed by atoms with E-state index in [4.69, 9.17) is 5.73 Å². The summed E-state index contributed by atoms with van der Waals surface area (Å²) in [5.74, 6) is -0.133. The van der Waals surface area contributed by atoms with Gasteiger partial charge in [0.25, 0.3) is 0 Å². The van der Waals surface area contributed by atoms with Gasteiger partial charge in [0.05, 0.1) is 0 Å². The van der Waals surface area contributed by atoms with Crippen molar-refractivity contribution >= 4 is 0 Å². The lowest BCUT2D eigenvalue weighted by Crippen LogP contribution is -2.14. The molecule has 1 nitrogen and oxygen atoms in total. The standard InChI is InChI=1S/C17H20FN/c1-11-4-6-14(7-5-11)10-16(19)15-8-12(2)17(18)13(3)9-15/h4-9,16H,10,19H2,1-3H3. The van der Waals surface area contributed by atoms with E-state index in [9.17, 15) is 4.39 Å². The molecule has 2 aromatic carbocycles. The molecule has 0 amide bonds. The maximum Gasteiger partial charge on any atom is 0.129 e. The monoisotopic (exact) mass is 257 g/mol. The van der Waals surface area contributed by atoms with Crippen LogP contribution in [-0.4, -0.2) is 0 Å². The predicted molar refractivity (Wildman–Crippen MR) is 77.7 cm³/mol. The fourth-order valence-electron chi connectivity index (χ4n) is 2.29. The van der Waals surface area contributed by atoms with E-state index >= 15 is 0 Å². The number of hydrogen-bond acceptors (Lipinski definition) is 1. The molecule has 0 spiro atoms. The number of rotatable bonds is 3. The van der Waals surface area contributed by atoms with Gasteiger partial charge in [-0.15, -0.1) is 0 Å². The number of aryl methyl sites for hydroxylation is 3. The molecule has 0 aromatic heterocycles. The van der Waals surface area contributed by atoms with Crippen LogP contribution in [0, 0.1) is 26.6 Å². The van der Waals surface area contributed by atoms with Crippen molar-refractivity contribution in [2.24, 2.45) is 5.73 Å². The zero-order chi connectivity index (χ0) is 14.0. The summed E-state index contributed by atoms with van der Waals surface area (Å²) in [6.07, 6.45) is 0.769. The van der Waals surface area contributed by atoms with Crippen molar-refractivity contribution in [1.82, 2.24) is 0 Å². The molecule has 0 aliphatic heterocycles. The van der Waals surface area contributed by atoms with E-state index in [0.29, 0.717) is 11.1 Å². The van der Waals surface area contributed by atoms with Gasteiger partial charge in [-0.3, -0.25) is 0 Å². The van der Waals surface area contributed by atoms with Crippen molar-refractivity contribution in [3.05, 3.63) is 70.0 Å². The average Bonchev–Trinajstić information content (AvgIpc) is 2.38. The Kier molecular flexibility index (Phi) is 4.01. The van der Waals surface area contributed by atoms with Crippen molar-refractivity contribution in [2.45, 2.75) is 33.2 Å². The number of hydrogen-bond donors (Lipinski definition) is 1. The van der Waals surface area contributed by atoms with E-state index in [0.717, 1.165) is 12.0 Å². The van der Waals surface area contributed by atoms with Crippen LogP contribution in [0.25, 0.3) is 0 Å². The van der Waals surface area contributed by atoms with E-state index in [-0.39, 0.29) is 11.9 Å². The van der Waals surface area contributed by atoms with Gasteiger partial charge in [-0.2, -0.15) is 0 Å². The third kappa shape index (κ3) is 3.21. The third-order valence-electron chi connectivity index (χ3n) is 3.46. The molecular weight excluding hydrogens is 237 g/mol. The first-order valence-corrected chi connectivity index (χ1v) is 6.55. The molecule has 0 saturated heterocycles. The van der Waals surface area contributed by atoms with E-state index in [1.807, 2.05) is 12.1 Å². The maximum absolute atomic E-state index is 13.6. The van der Waals surface area contributed by atoms with Crippen LogP contribution < -0.4 is 5.73 Å². The second-order valence-corrected chi connectivity index (χ2v) is 5.26. The van der Waals surface area contributed by atoms with Gasteiger partial charge in [-0.25, -0.2) is 4.39 Å². The molecule has 2 rings (SSSR count). The maximum atomic E-state index is 13.6. The largest absolute Gasteiger partial charge is 0.324 e. The quantitative estimate of drug-likeness (QED) is 0.884. The minimum Gasteiger partial charge on any atom is -0.324 e. The summed E-state index contributed by atoms with van der Waals surface area (Å²) in [7, 11) is 0. The molecule has 100 valence electrons. The van der Waals surface area contributed by atoms with Crippen molar-refractivity contribution in [3.63, 3.8) is 0 Å². The summed E-state index contributed by atoms with van der Waals surface area (Å²) < 4.78 is 13.6. The summed E-state index contributed by atoms with van der Waals surface area (Å²) in [5.41, 5.74) is 11.0. The first-order valence-electron chi connectivity index (χ1n) is 6.55. The Bertz CT molecular complexity index is 549. The molecule has 19 heavy (non-hydrogen) atoms. The number of halogens is 1. The second kappa shape index (κ2) is 5.54. The lowest BCUT2D eigenvalue weighted by Gasteiger charge is -2.15. The molecular formula is C17H20FN. The van der Waals surface area contributed by atoms with Crippen LogP contribution >= 0.6 is 0 Å². The molecule has 0 radical (unpaired) electrons. The van der Waals surface area contributed by atoms with Crippen molar-refractivity contribution in [3.8, 4) is 0 Å². The third-order valence-corrected chi connectivity index (χ3v) is 3.46. The van der Waals surface area contributed by atoms with E-state index in [1.54, 1.807) is 13.8 Å². The Labute approximate surface area is 114 Å². The number of nitrogens with two attached hydrogens (primary N) is 1. The Morgan fingerprint density at radius 3 is 2.05 bits per heavy atom. The van der Waals surface area contributed by atoms with Gasteiger partial charge < -0.3 is 5.73 Å². The lowest BCUT2D eigenvalue weighted by molar-refractivity contribution is 0.605. The summed E-state index contributed by atoms with van der Waals surface area (Å²) in [6.45, 7) is 5.63. The molecule has 2 heteroatoms. The van der Waals surface area contributed by atoms with Gasteiger partial charge in [0.2, 0.25) is 0 Å². The van der Waals surface area contributed by atoms with Crippen LogP contribution in [0.4, 0.5) is 4.39 Å². The highest BCUT2D eigenvalue weighted by molar-refractivity contribution is 5.33. The molecule has 2 aromatic rings. The summed E-state index contributed by atoms with van der Waals surface area (Å²) in [5, 5.41) is 0. The van der Waals surface area contributed by atoms with Crippen LogP contribution in [0.5, 0.6) is 0 Å². The SMILES string of the molecule is Cc1ccc(CC(N)c2cc(C)c(F)c(C)c2)cc1. The minimum absolute atomic E-state index is 0.0966. The van der Waals surface area contributed by atoms with Gasteiger partial charge >= 0.3 is 0 Å². The first-order chi connectivity index (χ1) is 8.97. The van der Waals surface area contributed by atoms with Crippen molar-refractivity contribution in [2.75, 3.05) is 0 Å². The molecule has 0 saturated carbocycles. The topological polar surface area (TPSA) is 26.0 Å². The molecule has 0 aliphatic rings. The van der Waals surface area contributed by atoms with Gasteiger partial charge in [-0.1, -0.05) is 42.0 Å². The minimum atomic E-state index is -0.133. The van der Waals surface area contributed by atoms with Crippen molar-refractivity contribution in [1.29, 1.82) is 0 Å². The normalized spacial score (nSPS) is 12.5. The van der Waals surface area contributed by atoms with Crippen LogP contribution in [0.2, 0.25) is 0 Å². The van der Waals surface area contributed by atoms with E-state index in [2.05, 4.69) is 31.2 Å². The molecule has 0 bridgehead atoms. The fraction of sp³-hybridized carbons (Fsp3) is 0.294. The highest BCUT2D eigenvalue weighted by Gasteiger charge is 2.11. The van der Waals surface area contributed by atoms with Crippen molar-refractivity contribution < 1.29 is 4.39 Å². The Morgan fingerprint density at radius 1 is 1.00 bits per heavy atom. The smallest absolute Gasteiger partial charge is 0.129 e. The molecule has 0 fully saturated rings. The summed E-state index contributed by atoms with van der Waals surface area (Å²) in [4.78, 5) is 0. The Hall–Kier alpha value is -1.67. The van der Waals surface area contributed by atoms with Gasteiger partial charge in [0, 0.05) is 6.04 Å². The van der Waals surface area contributed by atoms with Crippen LogP contribution in [0.1, 0.15) is 33.9 Å². The summed E-state index contributed by atoms with van der Waals surface area (Å²) in [6, 6.07) is 12.0. The summed E-state index contributed by atoms with van der Waals surface area (Å²) >= 11 is 0. The van der Waals surface area contributed by atoms with Crippen LogP contribution in [0.3, 0.4) is 0 Å². The number of benzene rings is 2. The average molecular weight is 257 g/mol. The Balaban J connectivity index is 2.20. The Morgan fingerprint density at radius 2 is 1.53 bits per heavy atom. The predicted octanol–water partition coefficient (Wildman–Crippen LogP) is 3.99. The highest BCUT2D eigenvalue weighted by atomic mass is 19.1. The molecule has 0 heterocycles. The zero-order valence-corrected chi connectivity index (χ0v) is 11.7. The van der Waals surface area contributed by atoms with Crippen LogP contribution in [0.15, 0.2) is 36.4 Å². The molecule has 2 N–H and O–H groups in total. The molecule has 1 atom stereocenters. The van der Waals surface area contributed by atoms with E-state index in [1.165, 1.54) is 11.1 Å². The molecule has 0 aliphatic carbocycles. The van der Waals surface area contributed by atoms with Gasteiger partial charge in [0.15, 0.2) is 0 Å². The van der Waals surface area contributed by atoms with Gasteiger partial charge in [-0.05, 0) is 49.4 Å². The van der Waals surface area contributed by atoms with Gasteiger partial charge in [0.1, 0.15) is 5.82 Å². The van der Waals surface area contributed by atoms with Crippen LogP contribution in [-0.2, 0) is 6.42 Å². The zero-order valence-electron chi connectivity index (χ0n) is 11.7. The first kappa shape index (κ1) is 13.8. The molecule has 1 unspecified atom stereocenters. The second-order valence-electron chi connectivity index (χ2n) is 5.26.